The molecule has 0 saturated heterocycles. The van der Waals surface area contributed by atoms with E-state index in [1.54, 1.807) is 17.4 Å². The minimum atomic E-state index is -0.278. The van der Waals surface area contributed by atoms with E-state index in [0.717, 1.165) is 12.2 Å². The van der Waals surface area contributed by atoms with Crippen molar-refractivity contribution in [2.24, 2.45) is 0 Å². The number of thioether (sulfide) groups is 1. The Balaban J connectivity index is 2.00. The van der Waals surface area contributed by atoms with Crippen LogP contribution in [0.3, 0.4) is 0 Å². The van der Waals surface area contributed by atoms with Crippen molar-refractivity contribution >= 4 is 23.1 Å². The van der Waals surface area contributed by atoms with E-state index in [2.05, 4.69) is 11.4 Å². The SMILES string of the molecule is CNC(c1cc2c(s1)CCSC2)c1cccc(OC)c1F. The smallest absolute Gasteiger partial charge is 0.170 e. The number of hydrogen-bond donors (Lipinski definition) is 1. The van der Waals surface area contributed by atoms with Gasteiger partial charge in [-0.15, -0.1) is 11.3 Å². The summed E-state index contributed by atoms with van der Waals surface area (Å²) < 4.78 is 19.6. The van der Waals surface area contributed by atoms with Crippen LogP contribution in [0.4, 0.5) is 4.39 Å². The van der Waals surface area contributed by atoms with Gasteiger partial charge >= 0.3 is 0 Å². The molecule has 5 heteroatoms. The normalized spacial score (nSPS) is 15.6. The molecule has 3 rings (SSSR count). The summed E-state index contributed by atoms with van der Waals surface area (Å²) in [5.74, 6) is 2.28. The molecular formula is C16H18FNOS2. The maximum Gasteiger partial charge on any atom is 0.170 e. The first-order valence-electron chi connectivity index (χ1n) is 6.93. The molecule has 1 aliphatic heterocycles. The van der Waals surface area contributed by atoms with Gasteiger partial charge in [-0.2, -0.15) is 11.8 Å². The number of halogens is 1. The van der Waals surface area contributed by atoms with Crippen LogP contribution in [0, 0.1) is 5.82 Å². The zero-order chi connectivity index (χ0) is 14.8. The lowest BCUT2D eigenvalue weighted by Gasteiger charge is -2.17. The maximum atomic E-state index is 14.5. The first-order valence-corrected chi connectivity index (χ1v) is 8.90. The highest BCUT2D eigenvalue weighted by Crippen LogP contribution is 2.37. The number of thiophene rings is 1. The van der Waals surface area contributed by atoms with Crippen molar-refractivity contribution in [1.82, 2.24) is 5.32 Å². The molecule has 0 aliphatic carbocycles. The van der Waals surface area contributed by atoms with E-state index < -0.39 is 0 Å². The van der Waals surface area contributed by atoms with Crippen LogP contribution < -0.4 is 10.1 Å². The number of hydrogen-bond acceptors (Lipinski definition) is 4. The molecule has 0 bridgehead atoms. The predicted molar refractivity (Wildman–Crippen MR) is 88.0 cm³/mol. The van der Waals surface area contributed by atoms with Gasteiger partial charge in [0.05, 0.1) is 13.2 Å². The van der Waals surface area contributed by atoms with Gasteiger partial charge in [0.1, 0.15) is 0 Å². The fourth-order valence-electron chi connectivity index (χ4n) is 2.67. The molecule has 0 spiro atoms. The van der Waals surface area contributed by atoms with Gasteiger partial charge in [0.25, 0.3) is 0 Å². The van der Waals surface area contributed by atoms with Gasteiger partial charge in [0, 0.05) is 21.1 Å². The van der Waals surface area contributed by atoms with Crippen LogP contribution in [0.25, 0.3) is 0 Å². The average Bonchev–Trinajstić information content (AvgIpc) is 2.93. The van der Waals surface area contributed by atoms with E-state index in [4.69, 9.17) is 4.74 Å². The van der Waals surface area contributed by atoms with E-state index in [1.807, 2.05) is 30.9 Å². The molecule has 1 unspecified atom stereocenters. The van der Waals surface area contributed by atoms with Gasteiger partial charge < -0.3 is 10.1 Å². The van der Waals surface area contributed by atoms with Crippen LogP contribution in [0.5, 0.6) is 5.75 Å². The Morgan fingerprint density at radius 3 is 2.95 bits per heavy atom. The van der Waals surface area contributed by atoms with Crippen LogP contribution in [0.1, 0.15) is 26.9 Å². The summed E-state index contributed by atoms with van der Waals surface area (Å²) in [4.78, 5) is 2.63. The van der Waals surface area contributed by atoms with Gasteiger partial charge in [0.15, 0.2) is 11.6 Å². The van der Waals surface area contributed by atoms with Crippen LogP contribution >= 0.6 is 23.1 Å². The zero-order valence-electron chi connectivity index (χ0n) is 12.1. The van der Waals surface area contributed by atoms with Crippen molar-refractivity contribution < 1.29 is 9.13 Å². The Hall–Kier alpha value is -1.04. The van der Waals surface area contributed by atoms with Crippen LogP contribution in [0.2, 0.25) is 0 Å². The van der Waals surface area contributed by atoms with Crippen LogP contribution in [-0.4, -0.2) is 19.9 Å². The quantitative estimate of drug-likeness (QED) is 0.919. The van der Waals surface area contributed by atoms with Gasteiger partial charge in [-0.1, -0.05) is 12.1 Å². The number of nitrogens with one attached hydrogen (secondary N) is 1. The minimum absolute atomic E-state index is 0.124. The number of benzene rings is 1. The maximum absolute atomic E-state index is 14.5. The second-order valence-electron chi connectivity index (χ2n) is 4.98. The molecule has 1 aromatic heterocycles. The van der Waals surface area contributed by atoms with Crippen molar-refractivity contribution in [3.63, 3.8) is 0 Å². The third kappa shape index (κ3) is 2.82. The topological polar surface area (TPSA) is 21.3 Å². The summed E-state index contributed by atoms with van der Waals surface area (Å²) in [5, 5.41) is 3.24. The number of ether oxygens (including phenoxy) is 1. The molecule has 2 heterocycles. The molecule has 1 aliphatic rings. The summed E-state index contributed by atoms with van der Waals surface area (Å²) in [6.07, 6.45) is 1.13. The fourth-order valence-corrected chi connectivity index (χ4v) is 5.18. The van der Waals surface area contributed by atoms with Crippen LogP contribution in [0.15, 0.2) is 24.3 Å². The number of rotatable bonds is 4. The summed E-state index contributed by atoms with van der Waals surface area (Å²) in [6, 6.07) is 7.42. The van der Waals surface area contributed by atoms with E-state index in [-0.39, 0.29) is 11.9 Å². The van der Waals surface area contributed by atoms with Gasteiger partial charge in [-0.3, -0.25) is 0 Å². The molecule has 112 valence electrons. The molecule has 2 nitrogen and oxygen atoms in total. The zero-order valence-corrected chi connectivity index (χ0v) is 13.7. The van der Waals surface area contributed by atoms with E-state index >= 15 is 0 Å². The number of fused-ring (bicyclic) bond motifs is 1. The van der Waals surface area contributed by atoms with Crippen LogP contribution in [-0.2, 0) is 12.2 Å². The number of aryl methyl sites for hydroxylation is 1. The Morgan fingerprint density at radius 1 is 1.38 bits per heavy atom. The van der Waals surface area contributed by atoms with E-state index in [1.165, 1.54) is 28.2 Å². The molecular weight excluding hydrogens is 305 g/mol. The summed E-state index contributed by atoms with van der Waals surface area (Å²) in [7, 11) is 3.37. The Morgan fingerprint density at radius 2 is 2.24 bits per heavy atom. The van der Waals surface area contributed by atoms with Crippen molar-refractivity contribution in [2.75, 3.05) is 19.9 Å². The third-order valence-electron chi connectivity index (χ3n) is 3.74. The Kier molecular flexibility index (Phi) is 4.52. The van der Waals surface area contributed by atoms with E-state index in [9.17, 15) is 4.39 Å². The Bertz CT molecular complexity index is 618. The minimum Gasteiger partial charge on any atom is -0.494 e. The van der Waals surface area contributed by atoms with Crippen molar-refractivity contribution in [1.29, 1.82) is 0 Å². The van der Waals surface area contributed by atoms with Gasteiger partial charge in [-0.05, 0) is 36.9 Å². The second-order valence-corrected chi connectivity index (χ2v) is 7.26. The fraction of sp³-hybridized carbons (Fsp3) is 0.375. The first-order chi connectivity index (χ1) is 10.2. The Labute approximate surface area is 132 Å². The molecule has 0 radical (unpaired) electrons. The highest BCUT2D eigenvalue weighted by atomic mass is 32.2. The highest BCUT2D eigenvalue weighted by Gasteiger charge is 2.23. The lowest BCUT2D eigenvalue weighted by molar-refractivity contribution is 0.382. The molecule has 21 heavy (non-hydrogen) atoms. The van der Waals surface area contributed by atoms with Gasteiger partial charge in [-0.25, -0.2) is 4.39 Å². The summed E-state index contributed by atoms with van der Waals surface area (Å²) in [5.41, 5.74) is 2.05. The monoisotopic (exact) mass is 323 g/mol. The number of methoxy groups -OCH3 is 1. The standard InChI is InChI=1S/C16H18FNOS2/c1-18-16(11-4-3-5-12(19-2)15(11)17)14-8-10-9-20-7-6-13(10)21-14/h3-5,8,16,18H,6-7,9H2,1-2H3. The largest absolute Gasteiger partial charge is 0.494 e. The molecule has 0 fully saturated rings. The molecule has 0 saturated carbocycles. The molecule has 0 amide bonds. The predicted octanol–water partition coefficient (Wildman–Crippen LogP) is 3.99. The molecule has 1 atom stereocenters. The van der Waals surface area contributed by atoms with Gasteiger partial charge in [0.2, 0.25) is 0 Å². The molecule has 1 N–H and O–H groups in total. The molecule has 1 aromatic carbocycles. The van der Waals surface area contributed by atoms with Crippen molar-refractivity contribution in [2.45, 2.75) is 18.2 Å². The first kappa shape index (κ1) is 14.9. The van der Waals surface area contributed by atoms with Crippen molar-refractivity contribution in [3.8, 4) is 5.75 Å². The lowest BCUT2D eigenvalue weighted by Crippen LogP contribution is -2.18. The third-order valence-corrected chi connectivity index (χ3v) is 6.05. The van der Waals surface area contributed by atoms with Crippen molar-refractivity contribution in [3.05, 3.63) is 51.0 Å². The summed E-state index contributed by atoms with van der Waals surface area (Å²) >= 11 is 3.77. The highest BCUT2D eigenvalue weighted by molar-refractivity contribution is 7.98. The lowest BCUT2D eigenvalue weighted by atomic mass is 10.0. The average molecular weight is 323 g/mol. The second kappa shape index (κ2) is 6.38. The molecule has 2 aromatic rings. The summed E-state index contributed by atoms with van der Waals surface area (Å²) in [6.45, 7) is 0. The van der Waals surface area contributed by atoms with E-state index in [0.29, 0.717) is 11.3 Å².